The van der Waals surface area contributed by atoms with Gasteiger partial charge in [0.25, 0.3) is 5.69 Å². The monoisotopic (exact) mass is 609 g/mol. The summed E-state index contributed by atoms with van der Waals surface area (Å²) in [6, 6.07) is 18.3. The molecule has 6 rings (SSSR count). The number of anilines is 1. The maximum Gasteiger partial charge on any atom is 0.339 e. The third-order valence-electron chi connectivity index (χ3n) is 8.02. The molecule has 220 valence electrons. The number of benzene rings is 3. The number of nitro groups is 1. The van der Waals surface area contributed by atoms with Gasteiger partial charge < -0.3 is 4.74 Å². The minimum atomic E-state index is -0.810. The Labute approximate surface area is 256 Å². The van der Waals surface area contributed by atoms with Gasteiger partial charge in [0.2, 0.25) is 17.6 Å². The lowest BCUT2D eigenvalue weighted by Gasteiger charge is -2.22. The second kappa shape index (κ2) is 11.5. The molecule has 0 radical (unpaired) electrons. The predicted molar refractivity (Wildman–Crippen MR) is 162 cm³/mol. The van der Waals surface area contributed by atoms with Crippen molar-refractivity contribution in [2.75, 3.05) is 11.5 Å². The van der Waals surface area contributed by atoms with Crippen molar-refractivity contribution < 1.29 is 28.8 Å². The molecule has 2 heterocycles. The molecule has 1 saturated heterocycles. The van der Waals surface area contributed by atoms with E-state index < -0.39 is 23.3 Å². The normalized spacial score (nSPS) is 19.2. The number of fused-ring (bicyclic) bond motifs is 2. The summed E-state index contributed by atoms with van der Waals surface area (Å²) in [6.07, 6.45) is 4.46. The summed E-state index contributed by atoms with van der Waals surface area (Å²) in [4.78, 5) is 68.6. The Bertz CT molecular complexity index is 1900. The van der Waals surface area contributed by atoms with Gasteiger partial charge in [-0.3, -0.25) is 29.4 Å². The maximum absolute atomic E-state index is 13.3. The van der Waals surface area contributed by atoms with Gasteiger partial charge in [0.05, 0.1) is 44.2 Å². The fraction of sp³-hybridized carbons (Fsp3) is 0.182. The van der Waals surface area contributed by atoms with Gasteiger partial charge in [-0.05, 0) is 36.6 Å². The zero-order chi connectivity index (χ0) is 31.1. The van der Waals surface area contributed by atoms with E-state index in [1.54, 1.807) is 42.5 Å². The van der Waals surface area contributed by atoms with E-state index in [2.05, 4.69) is 4.98 Å². The summed E-state index contributed by atoms with van der Waals surface area (Å²) < 4.78 is 5.33. The van der Waals surface area contributed by atoms with Crippen LogP contribution in [-0.2, 0) is 14.3 Å². The number of nitrogens with zero attached hydrogens (tertiary/aromatic N) is 3. The second-order valence-corrected chi connectivity index (χ2v) is 11.1. The standard InChI is InChI=1S/C33H24ClN3O7/c1-18-5-2-9-24-29(18)32(40)36(31(24)39)21-13-11-19(12-14-21)27-16-25(23-8-4-10-26(34)30(23)35-27)33(41)44-17-28(38)20-6-3-7-22(15-20)37(42)43/h2-8,10-16,18,24,29H,9,17H2,1H3. The number of hydrogen-bond acceptors (Lipinski definition) is 8. The van der Waals surface area contributed by atoms with E-state index >= 15 is 0 Å². The molecule has 1 aromatic heterocycles. The summed E-state index contributed by atoms with van der Waals surface area (Å²) in [5, 5.41) is 11.8. The molecule has 4 aromatic rings. The van der Waals surface area contributed by atoms with Crippen LogP contribution in [0.5, 0.6) is 0 Å². The third kappa shape index (κ3) is 5.13. The van der Waals surface area contributed by atoms with E-state index in [1.165, 1.54) is 29.2 Å². The van der Waals surface area contributed by atoms with Crippen LogP contribution in [-0.4, -0.2) is 40.1 Å². The molecular weight excluding hydrogens is 586 g/mol. The van der Waals surface area contributed by atoms with Crippen molar-refractivity contribution in [2.24, 2.45) is 17.8 Å². The van der Waals surface area contributed by atoms with Crippen LogP contribution in [0, 0.1) is 27.9 Å². The Hall–Kier alpha value is -5.22. The number of nitro benzene ring substituents is 1. The summed E-state index contributed by atoms with van der Waals surface area (Å²) in [5.74, 6) is -2.63. The first kappa shape index (κ1) is 28.9. The molecule has 0 saturated carbocycles. The van der Waals surface area contributed by atoms with E-state index in [1.807, 2.05) is 19.1 Å². The number of halogens is 1. The average Bonchev–Trinajstić information content (AvgIpc) is 3.29. The number of aromatic nitrogens is 1. The highest BCUT2D eigenvalue weighted by Crippen LogP contribution is 2.41. The van der Waals surface area contributed by atoms with Gasteiger partial charge in [-0.2, -0.15) is 0 Å². The molecule has 44 heavy (non-hydrogen) atoms. The highest BCUT2D eigenvalue weighted by atomic mass is 35.5. The molecule has 1 fully saturated rings. The maximum atomic E-state index is 13.3. The van der Waals surface area contributed by atoms with Crippen molar-refractivity contribution in [3.05, 3.63) is 111 Å². The fourth-order valence-corrected chi connectivity index (χ4v) is 6.02. The van der Waals surface area contributed by atoms with Gasteiger partial charge in [0, 0.05) is 28.6 Å². The van der Waals surface area contributed by atoms with Crippen LogP contribution in [0.4, 0.5) is 11.4 Å². The molecule has 10 nitrogen and oxygen atoms in total. The summed E-state index contributed by atoms with van der Waals surface area (Å²) in [7, 11) is 0. The minimum absolute atomic E-state index is 0.0271. The molecular formula is C33H24ClN3O7. The van der Waals surface area contributed by atoms with Gasteiger partial charge in [-0.25, -0.2) is 9.78 Å². The Kier molecular flexibility index (Phi) is 7.52. The van der Waals surface area contributed by atoms with E-state index in [-0.39, 0.29) is 46.4 Å². The number of hydrogen-bond donors (Lipinski definition) is 0. The van der Waals surface area contributed by atoms with Crippen LogP contribution in [0.25, 0.3) is 22.2 Å². The van der Waals surface area contributed by atoms with Crippen molar-refractivity contribution in [1.29, 1.82) is 0 Å². The van der Waals surface area contributed by atoms with Crippen molar-refractivity contribution in [1.82, 2.24) is 4.98 Å². The van der Waals surface area contributed by atoms with Crippen LogP contribution < -0.4 is 4.90 Å². The first-order valence-electron chi connectivity index (χ1n) is 13.8. The Morgan fingerprint density at radius 2 is 1.80 bits per heavy atom. The molecule has 3 atom stereocenters. The molecule has 11 heteroatoms. The van der Waals surface area contributed by atoms with Crippen molar-refractivity contribution in [3.63, 3.8) is 0 Å². The Morgan fingerprint density at radius 3 is 2.52 bits per heavy atom. The Balaban J connectivity index is 1.28. The summed E-state index contributed by atoms with van der Waals surface area (Å²) in [6.45, 7) is 1.30. The van der Waals surface area contributed by atoms with Crippen molar-refractivity contribution in [2.45, 2.75) is 13.3 Å². The number of Topliss-reactive ketones (excluding diaryl/α,β-unsaturated/α-hetero) is 1. The fourth-order valence-electron chi connectivity index (χ4n) is 5.80. The molecule has 1 aliphatic carbocycles. The van der Waals surface area contributed by atoms with Crippen LogP contribution in [0.3, 0.4) is 0 Å². The largest absolute Gasteiger partial charge is 0.454 e. The zero-order valence-corrected chi connectivity index (χ0v) is 24.1. The Morgan fingerprint density at radius 1 is 1.05 bits per heavy atom. The van der Waals surface area contributed by atoms with Gasteiger partial charge >= 0.3 is 5.97 Å². The number of non-ortho nitro benzene ring substituents is 1. The van der Waals surface area contributed by atoms with E-state index in [4.69, 9.17) is 16.3 Å². The molecule has 0 spiro atoms. The number of rotatable bonds is 7. The zero-order valence-electron chi connectivity index (χ0n) is 23.3. The van der Waals surface area contributed by atoms with Crippen LogP contribution >= 0.6 is 11.6 Å². The number of carbonyl (C=O) groups is 4. The average molecular weight is 610 g/mol. The molecule has 1 aliphatic heterocycles. The van der Waals surface area contributed by atoms with E-state index in [0.29, 0.717) is 39.3 Å². The molecule has 2 aliphatic rings. The number of amides is 2. The number of esters is 1. The van der Waals surface area contributed by atoms with E-state index in [0.717, 1.165) is 6.07 Å². The first-order valence-corrected chi connectivity index (χ1v) is 14.2. The number of carbonyl (C=O) groups excluding carboxylic acids is 4. The highest BCUT2D eigenvalue weighted by Gasteiger charge is 2.50. The van der Waals surface area contributed by atoms with Gasteiger partial charge in [-0.15, -0.1) is 0 Å². The predicted octanol–water partition coefficient (Wildman–Crippen LogP) is 6.20. The quantitative estimate of drug-likeness (QED) is 0.0603. The minimum Gasteiger partial charge on any atom is -0.454 e. The van der Waals surface area contributed by atoms with E-state index in [9.17, 15) is 29.3 Å². The number of pyridine rings is 1. The summed E-state index contributed by atoms with van der Waals surface area (Å²) in [5.41, 5.74) is 1.64. The second-order valence-electron chi connectivity index (χ2n) is 10.7. The van der Waals surface area contributed by atoms with Crippen molar-refractivity contribution in [3.8, 4) is 11.3 Å². The SMILES string of the molecule is CC1C=CCC2C(=O)N(c3ccc(-c4cc(C(=O)OCC(=O)c5cccc([N+](=O)[O-])c5)c5cccc(Cl)c5n4)cc3)C(=O)C12. The van der Waals surface area contributed by atoms with Crippen LogP contribution in [0.15, 0.2) is 84.9 Å². The lowest BCUT2D eigenvalue weighted by atomic mass is 9.78. The number of para-hydroxylation sites is 1. The van der Waals surface area contributed by atoms with Crippen molar-refractivity contribution >= 4 is 57.4 Å². The van der Waals surface area contributed by atoms with Crippen LogP contribution in [0.1, 0.15) is 34.1 Å². The van der Waals surface area contributed by atoms with Gasteiger partial charge in [-0.1, -0.05) is 67.1 Å². The van der Waals surface area contributed by atoms with Gasteiger partial charge in [0.15, 0.2) is 6.61 Å². The molecule has 2 amide bonds. The smallest absolute Gasteiger partial charge is 0.339 e. The third-order valence-corrected chi connectivity index (χ3v) is 8.32. The lowest BCUT2D eigenvalue weighted by molar-refractivity contribution is -0.384. The lowest BCUT2D eigenvalue weighted by Crippen LogP contribution is -2.31. The topological polar surface area (TPSA) is 137 Å². The molecule has 0 N–H and O–H groups in total. The number of ether oxygens (including phenoxy) is 1. The number of imide groups is 1. The highest BCUT2D eigenvalue weighted by molar-refractivity contribution is 6.35. The number of ketones is 1. The van der Waals surface area contributed by atoms with Gasteiger partial charge in [0.1, 0.15) is 0 Å². The molecule has 3 aromatic carbocycles. The van der Waals surface area contributed by atoms with Crippen LogP contribution in [0.2, 0.25) is 5.02 Å². The first-order chi connectivity index (χ1) is 21.1. The molecule has 3 unspecified atom stereocenters. The number of allylic oxidation sites excluding steroid dienone is 2. The summed E-state index contributed by atoms with van der Waals surface area (Å²) >= 11 is 6.45. The molecule has 0 bridgehead atoms.